The molecule has 1 aliphatic rings. The molecular formula is C19H29N3O2. The Bertz CT molecular complexity index is 586. The minimum atomic E-state index is -0.491. The molecule has 5 heteroatoms. The summed E-state index contributed by atoms with van der Waals surface area (Å²) < 4.78 is 0. The molecule has 1 fully saturated rings. The van der Waals surface area contributed by atoms with Crippen LogP contribution in [0.1, 0.15) is 37.3 Å². The topological polar surface area (TPSA) is 52.7 Å². The largest absolute Gasteiger partial charge is 0.347 e. The molecule has 2 atom stereocenters. The Morgan fingerprint density at radius 3 is 2.75 bits per heavy atom. The number of likely N-dealkylation sites (N-methyl/N-ethyl adjacent to an activating group) is 1. The molecule has 0 unspecified atom stereocenters. The highest BCUT2D eigenvalue weighted by atomic mass is 16.2. The smallest absolute Gasteiger partial charge is 0.244 e. The van der Waals surface area contributed by atoms with Gasteiger partial charge in [-0.1, -0.05) is 36.2 Å². The van der Waals surface area contributed by atoms with Crippen LogP contribution in [-0.2, 0) is 16.1 Å². The van der Waals surface area contributed by atoms with Crippen molar-refractivity contribution in [3.8, 4) is 0 Å². The van der Waals surface area contributed by atoms with Gasteiger partial charge in [0.05, 0.1) is 6.04 Å². The number of likely N-dealkylation sites (tertiary alicyclic amines) is 1. The summed E-state index contributed by atoms with van der Waals surface area (Å²) in [6.45, 7) is 5.52. The highest BCUT2D eigenvalue weighted by Gasteiger charge is 2.30. The number of carbonyl (C=O) groups excluding carboxylic acids is 2. The molecule has 1 aliphatic heterocycles. The maximum Gasteiger partial charge on any atom is 0.244 e. The molecule has 0 aliphatic carbocycles. The van der Waals surface area contributed by atoms with E-state index in [9.17, 15) is 9.59 Å². The molecule has 0 radical (unpaired) electrons. The van der Waals surface area contributed by atoms with Crippen molar-refractivity contribution in [1.29, 1.82) is 0 Å². The Labute approximate surface area is 145 Å². The van der Waals surface area contributed by atoms with Crippen LogP contribution in [-0.4, -0.2) is 54.3 Å². The highest BCUT2D eigenvalue weighted by Crippen LogP contribution is 2.20. The number of hydrogen-bond acceptors (Lipinski definition) is 3. The van der Waals surface area contributed by atoms with E-state index >= 15 is 0 Å². The zero-order chi connectivity index (χ0) is 17.7. The van der Waals surface area contributed by atoms with E-state index < -0.39 is 6.04 Å². The predicted molar refractivity (Wildman–Crippen MR) is 95.5 cm³/mol. The van der Waals surface area contributed by atoms with Crippen LogP contribution in [0.2, 0.25) is 0 Å². The molecular weight excluding hydrogens is 302 g/mol. The lowest BCUT2D eigenvalue weighted by Crippen LogP contribution is -2.53. The van der Waals surface area contributed by atoms with Crippen molar-refractivity contribution < 1.29 is 9.59 Å². The van der Waals surface area contributed by atoms with E-state index in [0.29, 0.717) is 0 Å². The Morgan fingerprint density at radius 1 is 1.33 bits per heavy atom. The zero-order valence-electron chi connectivity index (χ0n) is 15.2. The van der Waals surface area contributed by atoms with Gasteiger partial charge in [-0.3, -0.25) is 14.5 Å². The molecule has 2 rings (SSSR count). The number of benzene rings is 1. The second-order valence-electron chi connectivity index (χ2n) is 6.93. The molecule has 1 aromatic rings. The van der Waals surface area contributed by atoms with Crippen molar-refractivity contribution in [3.05, 3.63) is 35.4 Å². The highest BCUT2D eigenvalue weighted by molar-refractivity contribution is 5.89. The molecule has 0 saturated carbocycles. The summed E-state index contributed by atoms with van der Waals surface area (Å²) in [4.78, 5) is 28.4. The molecule has 0 spiro atoms. The quantitative estimate of drug-likeness (QED) is 0.897. The van der Waals surface area contributed by atoms with Gasteiger partial charge in [-0.15, -0.1) is 0 Å². The molecule has 1 heterocycles. The number of amides is 2. The van der Waals surface area contributed by atoms with Gasteiger partial charge in [-0.2, -0.15) is 0 Å². The number of rotatable bonds is 5. The third-order valence-corrected chi connectivity index (χ3v) is 4.55. The average molecular weight is 331 g/mol. The fraction of sp³-hybridized carbons (Fsp3) is 0.579. The second-order valence-corrected chi connectivity index (χ2v) is 6.93. The summed E-state index contributed by atoms with van der Waals surface area (Å²) >= 11 is 0. The van der Waals surface area contributed by atoms with Crippen LogP contribution < -0.4 is 5.32 Å². The predicted octanol–water partition coefficient (Wildman–Crippen LogP) is 1.94. The fourth-order valence-corrected chi connectivity index (χ4v) is 3.28. The third-order valence-electron chi connectivity index (χ3n) is 4.55. The molecule has 1 aromatic carbocycles. The van der Waals surface area contributed by atoms with E-state index in [2.05, 4.69) is 41.4 Å². The first-order valence-corrected chi connectivity index (χ1v) is 8.69. The van der Waals surface area contributed by atoms with Gasteiger partial charge in [-0.25, -0.2) is 0 Å². The normalized spacial score (nSPS) is 19.6. The van der Waals surface area contributed by atoms with E-state index in [1.165, 1.54) is 16.0 Å². The van der Waals surface area contributed by atoms with Gasteiger partial charge >= 0.3 is 0 Å². The van der Waals surface area contributed by atoms with Crippen LogP contribution in [0.5, 0.6) is 0 Å². The molecule has 132 valence electrons. The van der Waals surface area contributed by atoms with Crippen molar-refractivity contribution >= 4 is 11.8 Å². The van der Waals surface area contributed by atoms with Crippen molar-refractivity contribution in [2.45, 2.75) is 51.7 Å². The van der Waals surface area contributed by atoms with E-state index in [4.69, 9.17) is 0 Å². The molecule has 5 nitrogen and oxygen atoms in total. The number of hydrogen-bond donors (Lipinski definition) is 1. The van der Waals surface area contributed by atoms with Gasteiger partial charge in [-0.05, 0) is 38.8 Å². The molecule has 2 amide bonds. The minimum Gasteiger partial charge on any atom is -0.347 e. The van der Waals surface area contributed by atoms with Crippen molar-refractivity contribution in [2.24, 2.45) is 0 Å². The number of nitrogens with one attached hydrogen (secondary N) is 1. The zero-order valence-corrected chi connectivity index (χ0v) is 15.2. The van der Waals surface area contributed by atoms with Gasteiger partial charge in [0.15, 0.2) is 0 Å². The maximum atomic E-state index is 12.7. The lowest BCUT2D eigenvalue weighted by Gasteiger charge is -2.35. The van der Waals surface area contributed by atoms with Crippen molar-refractivity contribution in [1.82, 2.24) is 15.1 Å². The van der Waals surface area contributed by atoms with Crippen LogP contribution >= 0.6 is 0 Å². The van der Waals surface area contributed by atoms with Crippen LogP contribution in [0.25, 0.3) is 0 Å². The number of piperidine rings is 1. The maximum absolute atomic E-state index is 12.7. The van der Waals surface area contributed by atoms with E-state index in [-0.39, 0.29) is 17.9 Å². The molecule has 0 bridgehead atoms. The first kappa shape index (κ1) is 18.5. The number of carbonyl (C=O) groups is 2. The fourth-order valence-electron chi connectivity index (χ4n) is 3.28. The lowest BCUT2D eigenvalue weighted by atomic mass is 9.99. The van der Waals surface area contributed by atoms with Crippen molar-refractivity contribution in [3.63, 3.8) is 0 Å². The molecule has 0 aromatic heterocycles. The van der Waals surface area contributed by atoms with E-state index in [1.807, 2.05) is 0 Å². The van der Waals surface area contributed by atoms with Gasteiger partial charge < -0.3 is 10.2 Å². The Balaban J connectivity index is 2.02. The van der Waals surface area contributed by atoms with Crippen molar-refractivity contribution in [2.75, 3.05) is 20.6 Å². The first-order chi connectivity index (χ1) is 11.4. The second kappa shape index (κ2) is 8.29. The summed E-state index contributed by atoms with van der Waals surface area (Å²) in [7, 11) is 3.41. The summed E-state index contributed by atoms with van der Waals surface area (Å²) in [6.07, 6.45) is 3.01. The molecule has 24 heavy (non-hydrogen) atoms. The van der Waals surface area contributed by atoms with E-state index in [1.54, 1.807) is 21.0 Å². The van der Waals surface area contributed by atoms with Gasteiger partial charge in [0.2, 0.25) is 11.8 Å². The molecule has 1 saturated heterocycles. The first-order valence-electron chi connectivity index (χ1n) is 8.69. The van der Waals surface area contributed by atoms with Crippen LogP contribution in [0.4, 0.5) is 0 Å². The molecule has 1 N–H and O–H groups in total. The van der Waals surface area contributed by atoms with Gasteiger partial charge in [0.25, 0.3) is 0 Å². The Morgan fingerprint density at radius 2 is 2.08 bits per heavy atom. The Hall–Kier alpha value is -1.88. The average Bonchev–Trinajstić information content (AvgIpc) is 2.54. The van der Waals surface area contributed by atoms with Crippen LogP contribution in [0.3, 0.4) is 0 Å². The summed E-state index contributed by atoms with van der Waals surface area (Å²) in [5.41, 5.74) is 2.46. The van der Waals surface area contributed by atoms with E-state index in [0.717, 1.165) is 32.4 Å². The minimum absolute atomic E-state index is 0.0370. The third kappa shape index (κ3) is 4.81. The summed E-state index contributed by atoms with van der Waals surface area (Å²) in [5, 5.41) is 2.89. The number of aryl methyl sites for hydroxylation is 1. The van der Waals surface area contributed by atoms with Crippen LogP contribution in [0, 0.1) is 6.92 Å². The SMILES string of the molecule is Cc1cccc(CN2CCCC[C@@H]2C(=O)N[C@@H](C)C(=O)N(C)C)c1. The monoisotopic (exact) mass is 331 g/mol. The standard InChI is InChI=1S/C19H29N3O2/c1-14-8-7-9-16(12-14)13-22-11-6-5-10-17(22)18(23)20-15(2)19(24)21(3)4/h7-9,12,15,17H,5-6,10-11,13H2,1-4H3,(H,20,23)/t15-,17+/m0/s1. The lowest BCUT2D eigenvalue weighted by molar-refractivity contribution is -0.136. The summed E-state index contributed by atoms with van der Waals surface area (Å²) in [5.74, 6) is -0.116. The van der Waals surface area contributed by atoms with Gasteiger partial charge in [0.1, 0.15) is 6.04 Å². The van der Waals surface area contributed by atoms with Crippen LogP contribution in [0.15, 0.2) is 24.3 Å². The number of nitrogens with zero attached hydrogens (tertiary/aromatic N) is 2. The summed E-state index contributed by atoms with van der Waals surface area (Å²) in [6, 6.07) is 7.77. The van der Waals surface area contributed by atoms with Gasteiger partial charge in [0, 0.05) is 20.6 Å². The Kier molecular flexibility index (Phi) is 6.37.